The smallest absolute Gasteiger partial charge is 0.416 e. The van der Waals surface area contributed by atoms with Gasteiger partial charge in [-0.25, -0.2) is 13.6 Å². The number of benzene rings is 3. The second-order valence-electron chi connectivity index (χ2n) is 9.84. The molecule has 0 saturated carbocycles. The largest absolute Gasteiger partial charge is 0.485 e. The van der Waals surface area contributed by atoms with Gasteiger partial charge in [0.15, 0.2) is 11.6 Å². The van der Waals surface area contributed by atoms with Crippen molar-refractivity contribution in [2.75, 3.05) is 13.2 Å². The second-order valence-corrected chi connectivity index (χ2v) is 9.84. The van der Waals surface area contributed by atoms with Crippen LogP contribution >= 0.6 is 0 Å². The predicted molar refractivity (Wildman–Crippen MR) is 145 cm³/mol. The molecule has 0 N–H and O–H groups in total. The third-order valence-electron chi connectivity index (χ3n) is 7.15. The van der Waals surface area contributed by atoms with E-state index in [1.165, 1.54) is 25.1 Å². The van der Waals surface area contributed by atoms with E-state index in [-0.39, 0.29) is 35.7 Å². The van der Waals surface area contributed by atoms with Crippen molar-refractivity contribution in [2.24, 2.45) is 0 Å². The minimum absolute atomic E-state index is 0.127. The van der Waals surface area contributed by atoms with E-state index in [4.69, 9.17) is 9.47 Å². The molecule has 219 valence electrons. The third-order valence-corrected chi connectivity index (χ3v) is 7.15. The second kappa shape index (κ2) is 11.9. The van der Waals surface area contributed by atoms with Gasteiger partial charge >= 0.3 is 11.9 Å². The van der Waals surface area contributed by atoms with Crippen LogP contribution in [0.2, 0.25) is 0 Å². The quantitative estimate of drug-likeness (QED) is 0.247. The van der Waals surface area contributed by atoms with Crippen LogP contribution in [0.3, 0.4) is 0 Å². The Bertz CT molecular complexity index is 1710. The molecule has 1 aliphatic heterocycles. The molecule has 0 unspecified atom stereocenters. The molecule has 0 spiro atoms. The molecule has 42 heavy (non-hydrogen) atoms. The van der Waals surface area contributed by atoms with Crippen LogP contribution in [0.1, 0.15) is 28.8 Å². The van der Waals surface area contributed by atoms with Crippen molar-refractivity contribution in [3.8, 4) is 16.9 Å². The SMILES string of the molecule is Cc1c(-c2cccc(O[C@@H]3CCOC3)c2F)c(=O)n(C[CH]c2ccccc2)c(=O)n1Cc1c(F)cccc1C(F)(F)F. The van der Waals surface area contributed by atoms with Crippen molar-refractivity contribution in [2.45, 2.75) is 38.7 Å². The van der Waals surface area contributed by atoms with Gasteiger partial charge in [0.05, 0.1) is 30.9 Å². The monoisotopic (exact) mass is 585 g/mol. The zero-order valence-corrected chi connectivity index (χ0v) is 22.5. The van der Waals surface area contributed by atoms with E-state index in [0.717, 1.165) is 21.3 Å². The van der Waals surface area contributed by atoms with Gasteiger partial charge in [0, 0.05) is 36.2 Å². The molecule has 3 aromatic carbocycles. The number of rotatable bonds is 8. The zero-order valence-electron chi connectivity index (χ0n) is 22.5. The van der Waals surface area contributed by atoms with Crippen LogP contribution in [-0.2, 0) is 24.0 Å². The van der Waals surface area contributed by atoms with Crippen LogP contribution in [0, 0.1) is 25.0 Å². The summed E-state index contributed by atoms with van der Waals surface area (Å²) in [6.45, 7) is 0.918. The molecule has 0 bridgehead atoms. The van der Waals surface area contributed by atoms with Gasteiger partial charge in [0.2, 0.25) is 0 Å². The highest BCUT2D eigenvalue weighted by atomic mass is 19.4. The zero-order chi connectivity index (χ0) is 30.0. The summed E-state index contributed by atoms with van der Waals surface area (Å²) in [5.74, 6) is -2.20. The Balaban J connectivity index is 1.68. The molecule has 11 heteroatoms. The number of aromatic nitrogens is 2. The number of hydrogen-bond donors (Lipinski definition) is 0. The van der Waals surface area contributed by atoms with E-state index >= 15 is 4.39 Å². The molecule has 5 rings (SSSR count). The molecule has 2 heterocycles. The molecule has 0 amide bonds. The van der Waals surface area contributed by atoms with Crippen molar-refractivity contribution in [1.82, 2.24) is 9.13 Å². The van der Waals surface area contributed by atoms with Gasteiger partial charge in [-0.15, -0.1) is 0 Å². The lowest BCUT2D eigenvalue weighted by Gasteiger charge is -2.21. The first-order chi connectivity index (χ1) is 20.1. The van der Waals surface area contributed by atoms with E-state index in [0.29, 0.717) is 24.7 Å². The van der Waals surface area contributed by atoms with Gasteiger partial charge in [-0.1, -0.05) is 48.5 Å². The minimum Gasteiger partial charge on any atom is -0.485 e. The summed E-state index contributed by atoms with van der Waals surface area (Å²) in [6.07, 6.45) is -3.19. The maximum absolute atomic E-state index is 15.9. The molecular formula is C31H26F5N2O4. The molecule has 1 aliphatic rings. The van der Waals surface area contributed by atoms with Gasteiger partial charge in [-0.05, 0) is 30.7 Å². The van der Waals surface area contributed by atoms with Crippen molar-refractivity contribution in [3.05, 3.63) is 128 Å². The van der Waals surface area contributed by atoms with Crippen LogP contribution in [0.25, 0.3) is 11.1 Å². The number of ether oxygens (including phenoxy) is 2. The van der Waals surface area contributed by atoms with Gasteiger partial charge in [-0.2, -0.15) is 13.2 Å². The lowest BCUT2D eigenvalue weighted by molar-refractivity contribution is -0.138. The summed E-state index contributed by atoms with van der Waals surface area (Å²) in [7, 11) is 0. The molecule has 1 fully saturated rings. The lowest BCUT2D eigenvalue weighted by Crippen LogP contribution is -2.42. The fourth-order valence-electron chi connectivity index (χ4n) is 4.97. The molecule has 0 aliphatic carbocycles. The minimum atomic E-state index is -4.91. The van der Waals surface area contributed by atoms with E-state index < -0.39 is 52.8 Å². The van der Waals surface area contributed by atoms with E-state index in [1.807, 2.05) is 0 Å². The number of nitrogens with zero attached hydrogens (tertiary/aromatic N) is 2. The highest BCUT2D eigenvalue weighted by Gasteiger charge is 2.35. The maximum atomic E-state index is 15.9. The van der Waals surface area contributed by atoms with Gasteiger partial charge in [0.1, 0.15) is 11.9 Å². The Morgan fingerprint density at radius 1 is 0.976 bits per heavy atom. The van der Waals surface area contributed by atoms with Crippen LogP contribution in [-0.4, -0.2) is 28.5 Å². The predicted octanol–water partition coefficient (Wildman–Crippen LogP) is 5.75. The first-order valence-electron chi connectivity index (χ1n) is 13.2. The average molecular weight is 586 g/mol. The third kappa shape index (κ3) is 5.87. The highest BCUT2D eigenvalue weighted by Crippen LogP contribution is 2.34. The standard InChI is InChI=1S/C31H26F5N2O4/c1-19-27(22-9-5-12-26(28(22)33)42-21-14-16-41-18-21)29(39)37(15-13-20-7-3-2-4-8-20)30(40)38(19)17-23-24(31(34,35)36)10-6-11-25(23)32/h2-13,21H,14-18H2,1H3/t21-/m1/s1. The molecule has 4 aromatic rings. The topological polar surface area (TPSA) is 62.5 Å². The summed E-state index contributed by atoms with van der Waals surface area (Å²) in [5, 5.41) is 0. The normalized spacial score (nSPS) is 15.2. The Hall–Kier alpha value is -4.25. The Morgan fingerprint density at radius 3 is 2.40 bits per heavy atom. The molecule has 1 radical (unpaired) electrons. The first kappa shape index (κ1) is 29.2. The lowest BCUT2D eigenvalue weighted by atomic mass is 10.0. The first-order valence-corrected chi connectivity index (χ1v) is 13.2. The molecule has 1 aromatic heterocycles. The summed E-state index contributed by atoms with van der Waals surface area (Å²) in [5.41, 5.74) is -3.79. The Labute approximate surface area is 237 Å². The summed E-state index contributed by atoms with van der Waals surface area (Å²) >= 11 is 0. The molecule has 6 nitrogen and oxygen atoms in total. The van der Waals surface area contributed by atoms with Gasteiger partial charge in [-0.3, -0.25) is 13.9 Å². The van der Waals surface area contributed by atoms with E-state index in [9.17, 15) is 27.2 Å². The molecule has 1 atom stereocenters. The van der Waals surface area contributed by atoms with Gasteiger partial charge in [0.25, 0.3) is 5.56 Å². The van der Waals surface area contributed by atoms with Crippen LogP contribution < -0.4 is 16.0 Å². The van der Waals surface area contributed by atoms with E-state index in [2.05, 4.69) is 0 Å². The maximum Gasteiger partial charge on any atom is 0.416 e. The van der Waals surface area contributed by atoms with Gasteiger partial charge < -0.3 is 9.47 Å². The Kier molecular flexibility index (Phi) is 8.31. The Morgan fingerprint density at radius 2 is 1.71 bits per heavy atom. The highest BCUT2D eigenvalue weighted by molar-refractivity contribution is 5.67. The van der Waals surface area contributed by atoms with Crippen molar-refractivity contribution in [3.63, 3.8) is 0 Å². The van der Waals surface area contributed by atoms with Crippen LogP contribution in [0.4, 0.5) is 22.0 Å². The van der Waals surface area contributed by atoms with Crippen molar-refractivity contribution >= 4 is 0 Å². The van der Waals surface area contributed by atoms with Crippen molar-refractivity contribution in [1.29, 1.82) is 0 Å². The number of halogens is 5. The fourth-order valence-corrected chi connectivity index (χ4v) is 4.97. The number of alkyl halides is 3. The summed E-state index contributed by atoms with van der Waals surface area (Å²) in [4.78, 5) is 27.4. The number of hydrogen-bond acceptors (Lipinski definition) is 4. The van der Waals surface area contributed by atoms with E-state index in [1.54, 1.807) is 36.8 Å². The summed E-state index contributed by atoms with van der Waals surface area (Å²) in [6, 6.07) is 15.4. The molecular weight excluding hydrogens is 559 g/mol. The van der Waals surface area contributed by atoms with Crippen LogP contribution in [0.15, 0.2) is 76.3 Å². The summed E-state index contributed by atoms with van der Waals surface area (Å²) < 4.78 is 84.8. The average Bonchev–Trinajstić information content (AvgIpc) is 3.47. The molecule has 1 saturated heterocycles. The van der Waals surface area contributed by atoms with Crippen LogP contribution in [0.5, 0.6) is 5.75 Å². The van der Waals surface area contributed by atoms with Crippen molar-refractivity contribution < 1.29 is 31.4 Å². The fraction of sp³-hybridized carbons (Fsp3) is 0.258.